The van der Waals surface area contributed by atoms with E-state index in [2.05, 4.69) is 10.2 Å². The highest BCUT2D eigenvalue weighted by molar-refractivity contribution is 7.91. The molecule has 3 heterocycles. The summed E-state index contributed by atoms with van der Waals surface area (Å²) < 4.78 is 39.3. The van der Waals surface area contributed by atoms with Crippen LogP contribution in [-0.4, -0.2) is 111 Å². The number of amides is 2. The van der Waals surface area contributed by atoms with Gasteiger partial charge in [0.25, 0.3) is 15.9 Å². The van der Waals surface area contributed by atoms with Crippen molar-refractivity contribution in [1.29, 1.82) is 0 Å². The van der Waals surface area contributed by atoms with Crippen LogP contribution in [0.1, 0.15) is 30.6 Å². The van der Waals surface area contributed by atoms with Crippen molar-refractivity contribution in [3.8, 4) is 5.75 Å². The van der Waals surface area contributed by atoms with Gasteiger partial charge in [0.15, 0.2) is 0 Å². The zero-order chi connectivity index (χ0) is 28.9. The number of benzene rings is 1. The van der Waals surface area contributed by atoms with E-state index < -0.39 is 22.2 Å². The molecule has 40 heavy (non-hydrogen) atoms. The van der Waals surface area contributed by atoms with Crippen molar-refractivity contribution in [2.75, 3.05) is 64.9 Å². The Labute approximate surface area is 239 Å². The van der Waals surface area contributed by atoms with Crippen molar-refractivity contribution in [3.63, 3.8) is 0 Å². The summed E-state index contributed by atoms with van der Waals surface area (Å²) in [7, 11) is -2.19. The molecule has 2 aromatic rings. The molecule has 220 valence electrons. The van der Waals surface area contributed by atoms with Gasteiger partial charge in [-0.05, 0) is 36.6 Å². The molecule has 11 nitrogen and oxygen atoms in total. The third-order valence-corrected chi connectivity index (χ3v) is 10.5. The molecule has 4 rings (SSSR count). The number of sulfonamides is 1. The molecule has 2 aliphatic heterocycles. The Morgan fingerprint density at radius 3 is 2.70 bits per heavy atom. The summed E-state index contributed by atoms with van der Waals surface area (Å²) in [5.74, 6) is -0.444. The summed E-state index contributed by atoms with van der Waals surface area (Å²) in [5, 5.41) is 14.5. The quantitative estimate of drug-likeness (QED) is 0.427. The van der Waals surface area contributed by atoms with E-state index in [0.717, 1.165) is 24.4 Å². The predicted octanol–water partition coefficient (Wildman–Crippen LogP) is 1.95. The molecule has 0 bridgehead atoms. The van der Waals surface area contributed by atoms with Gasteiger partial charge in [-0.25, -0.2) is 8.42 Å². The van der Waals surface area contributed by atoms with Crippen LogP contribution >= 0.6 is 11.3 Å². The Morgan fingerprint density at radius 2 is 2.02 bits per heavy atom. The van der Waals surface area contributed by atoms with Crippen LogP contribution in [0.15, 0.2) is 39.9 Å². The second-order valence-electron chi connectivity index (χ2n) is 10.3. The number of aliphatic hydroxyl groups is 1. The van der Waals surface area contributed by atoms with Crippen LogP contribution in [0.2, 0.25) is 0 Å². The predicted molar refractivity (Wildman–Crippen MR) is 152 cm³/mol. The molecule has 1 saturated heterocycles. The largest absolute Gasteiger partial charge is 0.488 e. The number of carbonyl (C=O) groups is 2. The average Bonchev–Trinajstić information content (AvgIpc) is 3.50. The number of morpholine rings is 1. The molecule has 0 radical (unpaired) electrons. The maximum Gasteiger partial charge on any atom is 0.258 e. The summed E-state index contributed by atoms with van der Waals surface area (Å²) in [4.78, 5) is 30.1. The third kappa shape index (κ3) is 7.20. The summed E-state index contributed by atoms with van der Waals surface area (Å²) in [5.41, 5.74) is 0.703. The van der Waals surface area contributed by atoms with Gasteiger partial charge < -0.3 is 24.8 Å². The third-order valence-electron chi connectivity index (χ3n) is 7.30. The minimum Gasteiger partial charge on any atom is -0.488 e. The Hall–Kier alpha value is -2.55. The van der Waals surface area contributed by atoms with E-state index >= 15 is 0 Å². The van der Waals surface area contributed by atoms with Gasteiger partial charge in [0.2, 0.25) is 5.91 Å². The number of hydrogen-bond donors (Lipinski definition) is 2. The van der Waals surface area contributed by atoms with Crippen molar-refractivity contribution in [2.45, 2.75) is 36.6 Å². The molecule has 2 N–H and O–H groups in total. The van der Waals surface area contributed by atoms with Crippen LogP contribution in [0.4, 0.5) is 5.69 Å². The number of hydrogen-bond acceptors (Lipinski definition) is 9. The van der Waals surface area contributed by atoms with E-state index in [9.17, 15) is 23.1 Å². The fraction of sp³-hybridized carbons (Fsp3) is 0.556. The first-order valence-electron chi connectivity index (χ1n) is 13.4. The first kappa shape index (κ1) is 30.4. The van der Waals surface area contributed by atoms with E-state index in [1.807, 2.05) is 6.92 Å². The van der Waals surface area contributed by atoms with Gasteiger partial charge in [0.1, 0.15) is 16.1 Å². The van der Waals surface area contributed by atoms with Crippen LogP contribution in [0.5, 0.6) is 5.75 Å². The molecule has 0 saturated carbocycles. The monoisotopic (exact) mass is 594 g/mol. The Balaban J connectivity index is 1.55. The minimum absolute atomic E-state index is 0.0659. The van der Waals surface area contributed by atoms with Crippen molar-refractivity contribution >= 4 is 38.9 Å². The Morgan fingerprint density at radius 1 is 1.27 bits per heavy atom. The number of thiophene rings is 1. The standard InChI is InChI=1S/C27H38N4O7S2/c1-19-16-31(20(2)18-32)27(34)22-15-21(28-25(33)8-9-30-10-12-37-13-11-30)6-7-23(22)38-24(19)17-29(3)40(35,36)26-5-4-14-39-26/h4-7,14-15,19-20,24,32H,8-13,16-18H2,1-3H3,(H,28,33)/t19-,20+,24+/m0/s1. The molecule has 0 aliphatic carbocycles. The van der Waals surface area contributed by atoms with Gasteiger partial charge in [0.05, 0.1) is 38.0 Å². The highest BCUT2D eigenvalue weighted by Crippen LogP contribution is 2.31. The summed E-state index contributed by atoms with van der Waals surface area (Å²) in [6.07, 6.45) is -0.270. The molecule has 1 fully saturated rings. The zero-order valence-corrected chi connectivity index (χ0v) is 24.7. The van der Waals surface area contributed by atoms with E-state index in [0.29, 0.717) is 37.6 Å². The number of fused-ring (bicyclic) bond motifs is 1. The Kier molecular flexibility index (Phi) is 10.2. The van der Waals surface area contributed by atoms with E-state index in [-0.39, 0.29) is 47.2 Å². The maximum absolute atomic E-state index is 13.6. The number of nitrogens with one attached hydrogen (secondary N) is 1. The van der Waals surface area contributed by atoms with Crippen LogP contribution in [-0.2, 0) is 19.6 Å². The van der Waals surface area contributed by atoms with Gasteiger partial charge in [-0.1, -0.05) is 13.0 Å². The van der Waals surface area contributed by atoms with Crippen molar-refractivity contribution < 1.29 is 32.6 Å². The SMILES string of the molecule is C[C@H](CO)N1C[C@H](C)[C@@H](CN(C)S(=O)(=O)c2cccs2)Oc2ccc(NC(=O)CCN3CCOCC3)cc2C1=O. The lowest BCUT2D eigenvalue weighted by molar-refractivity contribution is -0.116. The number of likely N-dealkylation sites (N-methyl/N-ethyl adjacent to an activating group) is 1. The van der Waals surface area contributed by atoms with E-state index in [1.165, 1.54) is 11.4 Å². The first-order chi connectivity index (χ1) is 19.1. The highest BCUT2D eigenvalue weighted by atomic mass is 32.2. The number of anilines is 1. The maximum atomic E-state index is 13.6. The smallest absolute Gasteiger partial charge is 0.258 e. The second-order valence-corrected chi connectivity index (χ2v) is 13.5. The molecular formula is C27H38N4O7S2. The average molecular weight is 595 g/mol. The van der Waals surface area contributed by atoms with E-state index in [4.69, 9.17) is 9.47 Å². The molecule has 1 aromatic carbocycles. The number of ether oxygens (including phenoxy) is 2. The zero-order valence-electron chi connectivity index (χ0n) is 23.1. The van der Waals surface area contributed by atoms with Gasteiger partial charge in [-0.2, -0.15) is 4.31 Å². The lowest BCUT2D eigenvalue weighted by atomic mass is 9.99. The highest BCUT2D eigenvalue weighted by Gasteiger charge is 2.35. The molecule has 3 atom stereocenters. The molecular weight excluding hydrogens is 556 g/mol. The fourth-order valence-corrected chi connectivity index (χ4v) is 7.13. The number of rotatable bonds is 10. The molecule has 1 aromatic heterocycles. The van der Waals surface area contributed by atoms with E-state index in [1.54, 1.807) is 47.5 Å². The van der Waals surface area contributed by atoms with Crippen LogP contribution in [0.25, 0.3) is 0 Å². The topological polar surface area (TPSA) is 129 Å². The number of carbonyl (C=O) groups excluding carboxylic acids is 2. The lowest BCUT2D eigenvalue weighted by Crippen LogP contribution is -2.50. The van der Waals surface area contributed by atoms with Crippen molar-refractivity contribution in [2.24, 2.45) is 5.92 Å². The van der Waals surface area contributed by atoms with Crippen LogP contribution in [0, 0.1) is 5.92 Å². The van der Waals surface area contributed by atoms with Gasteiger partial charge >= 0.3 is 0 Å². The second kappa shape index (κ2) is 13.4. The Bertz CT molecular complexity index is 1270. The molecule has 0 spiro atoms. The van der Waals surface area contributed by atoms with Gasteiger partial charge in [0, 0.05) is 51.3 Å². The van der Waals surface area contributed by atoms with Gasteiger partial charge in [-0.15, -0.1) is 11.3 Å². The van der Waals surface area contributed by atoms with Gasteiger partial charge in [-0.3, -0.25) is 14.5 Å². The molecule has 2 amide bonds. The summed E-state index contributed by atoms with van der Waals surface area (Å²) in [6, 6.07) is 7.67. The first-order valence-corrected chi connectivity index (χ1v) is 15.7. The molecule has 13 heteroatoms. The van der Waals surface area contributed by atoms with Crippen LogP contribution in [0.3, 0.4) is 0 Å². The van der Waals surface area contributed by atoms with Crippen LogP contribution < -0.4 is 10.1 Å². The normalized spacial score (nSPS) is 21.3. The lowest BCUT2D eigenvalue weighted by Gasteiger charge is -2.38. The molecule has 2 aliphatic rings. The van der Waals surface area contributed by atoms with Crippen molar-refractivity contribution in [3.05, 3.63) is 41.3 Å². The molecule has 0 unspecified atom stereocenters. The number of aliphatic hydroxyl groups excluding tert-OH is 1. The van der Waals surface area contributed by atoms with Crippen molar-refractivity contribution in [1.82, 2.24) is 14.1 Å². The summed E-state index contributed by atoms with van der Waals surface area (Å²) >= 11 is 1.15. The fourth-order valence-electron chi connectivity index (χ4n) is 4.74. The minimum atomic E-state index is -3.70. The summed E-state index contributed by atoms with van der Waals surface area (Å²) in [6.45, 7) is 7.26. The number of nitrogens with zero attached hydrogens (tertiary/aromatic N) is 3.